The Morgan fingerprint density at radius 3 is 2.75 bits per heavy atom. The highest BCUT2D eigenvalue weighted by Crippen LogP contribution is 2.30. The summed E-state index contributed by atoms with van der Waals surface area (Å²) in [5.41, 5.74) is 1.03. The second kappa shape index (κ2) is 3.94. The van der Waals surface area contributed by atoms with Crippen molar-refractivity contribution < 1.29 is 4.92 Å². The van der Waals surface area contributed by atoms with E-state index in [1.165, 1.54) is 10.7 Å². The first kappa shape index (κ1) is 10.6. The second-order valence-electron chi connectivity index (χ2n) is 3.25. The van der Waals surface area contributed by atoms with Crippen molar-refractivity contribution in [2.45, 2.75) is 6.92 Å². The van der Waals surface area contributed by atoms with Gasteiger partial charge in [0.15, 0.2) is 5.69 Å². The molecule has 0 atom stereocenters. The van der Waals surface area contributed by atoms with Crippen LogP contribution in [-0.4, -0.2) is 14.7 Å². The number of nitro benzene ring substituents is 1. The van der Waals surface area contributed by atoms with Crippen LogP contribution in [0.4, 0.5) is 5.69 Å². The molecule has 1 aromatic heterocycles. The molecule has 0 saturated carbocycles. The van der Waals surface area contributed by atoms with E-state index in [9.17, 15) is 10.1 Å². The smallest absolute Gasteiger partial charge is 0.258 e. The van der Waals surface area contributed by atoms with Crippen LogP contribution in [0.2, 0.25) is 5.02 Å². The summed E-state index contributed by atoms with van der Waals surface area (Å²) in [5, 5.41) is 15.2. The maximum atomic E-state index is 10.9. The highest BCUT2D eigenvalue weighted by molar-refractivity contribution is 6.32. The largest absolute Gasteiger partial charge is 0.296 e. The lowest BCUT2D eigenvalue weighted by atomic mass is 10.2. The van der Waals surface area contributed by atoms with E-state index in [1.807, 2.05) is 0 Å². The molecule has 1 aromatic carbocycles. The average Bonchev–Trinajstić information content (AvgIpc) is 2.64. The van der Waals surface area contributed by atoms with Gasteiger partial charge in [-0.3, -0.25) is 10.1 Å². The topological polar surface area (TPSA) is 61.0 Å². The molecule has 0 unspecified atom stereocenters. The highest BCUT2D eigenvalue weighted by atomic mass is 35.5. The van der Waals surface area contributed by atoms with Gasteiger partial charge in [0.2, 0.25) is 0 Å². The number of benzene rings is 1. The normalized spacial score (nSPS) is 10.4. The van der Waals surface area contributed by atoms with Crippen molar-refractivity contribution in [2.24, 2.45) is 0 Å². The van der Waals surface area contributed by atoms with Gasteiger partial charge in [0.25, 0.3) is 5.69 Å². The van der Waals surface area contributed by atoms with Gasteiger partial charge in [-0.1, -0.05) is 17.7 Å². The lowest BCUT2D eigenvalue weighted by Crippen LogP contribution is -2.03. The second-order valence-corrected chi connectivity index (χ2v) is 3.66. The molecular formula is C10H8ClN3O2. The predicted molar refractivity (Wildman–Crippen MR) is 60.0 cm³/mol. The number of aromatic nitrogens is 2. The number of hydrogen-bond acceptors (Lipinski definition) is 3. The number of aryl methyl sites for hydroxylation is 1. The van der Waals surface area contributed by atoms with E-state index in [2.05, 4.69) is 5.10 Å². The lowest BCUT2D eigenvalue weighted by molar-refractivity contribution is -0.384. The summed E-state index contributed by atoms with van der Waals surface area (Å²) in [4.78, 5) is 10.4. The molecule has 6 heteroatoms. The summed E-state index contributed by atoms with van der Waals surface area (Å²) in [6, 6.07) is 6.31. The first-order chi connectivity index (χ1) is 7.61. The van der Waals surface area contributed by atoms with Crippen LogP contribution in [-0.2, 0) is 0 Å². The maximum Gasteiger partial charge on any atom is 0.296 e. The molecule has 2 rings (SSSR count). The Balaban J connectivity index is 2.73. The molecule has 1 heterocycles. The quantitative estimate of drug-likeness (QED) is 0.596. The van der Waals surface area contributed by atoms with Crippen molar-refractivity contribution in [1.29, 1.82) is 0 Å². The van der Waals surface area contributed by atoms with Gasteiger partial charge >= 0.3 is 0 Å². The standard InChI is InChI=1S/C10H8ClN3O2/c1-7-5-6-12-13(7)10-8(11)3-2-4-9(10)14(15)16/h2-6H,1H3. The van der Waals surface area contributed by atoms with Crippen LogP contribution in [0.25, 0.3) is 5.69 Å². The monoisotopic (exact) mass is 237 g/mol. The van der Waals surface area contributed by atoms with E-state index in [4.69, 9.17) is 11.6 Å². The molecule has 0 amide bonds. The number of nitro groups is 1. The number of halogens is 1. The van der Waals surface area contributed by atoms with Gasteiger partial charge < -0.3 is 0 Å². The summed E-state index contributed by atoms with van der Waals surface area (Å²) in [7, 11) is 0. The Hall–Kier alpha value is -1.88. The molecule has 0 fully saturated rings. The van der Waals surface area contributed by atoms with Gasteiger partial charge in [0.05, 0.1) is 9.95 Å². The zero-order valence-corrected chi connectivity index (χ0v) is 9.18. The number of para-hydroxylation sites is 1. The Morgan fingerprint density at radius 2 is 2.19 bits per heavy atom. The van der Waals surface area contributed by atoms with Crippen LogP contribution < -0.4 is 0 Å². The molecule has 16 heavy (non-hydrogen) atoms. The van der Waals surface area contributed by atoms with E-state index in [0.29, 0.717) is 10.7 Å². The molecule has 0 saturated heterocycles. The molecule has 0 aliphatic carbocycles. The zero-order valence-electron chi connectivity index (χ0n) is 8.42. The molecule has 82 valence electrons. The van der Waals surface area contributed by atoms with Crippen LogP contribution in [0, 0.1) is 17.0 Å². The Labute approximate surface area is 96.4 Å². The minimum atomic E-state index is -0.470. The minimum absolute atomic E-state index is 0.0562. The van der Waals surface area contributed by atoms with E-state index in [1.54, 1.807) is 31.3 Å². The predicted octanol–water partition coefficient (Wildman–Crippen LogP) is 2.74. The highest BCUT2D eigenvalue weighted by Gasteiger charge is 2.19. The Kier molecular flexibility index (Phi) is 2.62. The van der Waals surface area contributed by atoms with Gasteiger partial charge in [-0.25, -0.2) is 4.68 Å². The van der Waals surface area contributed by atoms with Crippen molar-refractivity contribution in [1.82, 2.24) is 9.78 Å². The van der Waals surface area contributed by atoms with Crippen molar-refractivity contribution in [3.8, 4) is 5.69 Å². The Morgan fingerprint density at radius 1 is 1.44 bits per heavy atom. The summed E-state index contributed by atoms with van der Waals surface area (Å²) in [6.45, 7) is 1.81. The Bertz CT molecular complexity index is 551. The number of nitrogens with zero attached hydrogens (tertiary/aromatic N) is 3. The first-order valence-electron chi connectivity index (χ1n) is 4.55. The molecule has 0 aliphatic rings. The van der Waals surface area contributed by atoms with Gasteiger partial charge in [-0.05, 0) is 19.1 Å². The van der Waals surface area contributed by atoms with Crippen LogP contribution in [0.1, 0.15) is 5.69 Å². The third kappa shape index (κ3) is 1.65. The van der Waals surface area contributed by atoms with E-state index >= 15 is 0 Å². The zero-order chi connectivity index (χ0) is 11.7. The fourth-order valence-electron chi connectivity index (χ4n) is 1.46. The summed E-state index contributed by atoms with van der Waals surface area (Å²) in [5.74, 6) is 0. The van der Waals surface area contributed by atoms with Crippen LogP contribution >= 0.6 is 11.6 Å². The maximum absolute atomic E-state index is 10.9. The molecule has 2 aromatic rings. The van der Waals surface area contributed by atoms with Crippen molar-refractivity contribution in [3.05, 3.63) is 51.3 Å². The number of rotatable bonds is 2. The van der Waals surface area contributed by atoms with E-state index < -0.39 is 4.92 Å². The van der Waals surface area contributed by atoms with Gasteiger partial charge in [-0.2, -0.15) is 5.10 Å². The molecule has 5 nitrogen and oxygen atoms in total. The minimum Gasteiger partial charge on any atom is -0.258 e. The summed E-state index contributed by atoms with van der Waals surface area (Å²) < 4.78 is 1.46. The van der Waals surface area contributed by atoms with Gasteiger partial charge in [0, 0.05) is 18.0 Å². The fourth-order valence-corrected chi connectivity index (χ4v) is 1.71. The van der Waals surface area contributed by atoms with E-state index in [-0.39, 0.29) is 5.69 Å². The van der Waals surface area contributed by atoms with Crippen molar-refractivity contribution >= 4 is 17.3 Å². The molecule has 0 N–H and O–H groups in total. The molecule has 0 aliphatic heterocycles. The van der Waals surface area contributed by atoms with Crippen LogP contribution in [0.3, 0.4) is 0 Å². The SMILES string of the molecule is Cc1ccnn1-c1c(Cl)cccc1[N+](=O)[O-]. The third-order valence-corrected chi connectivity index (χ3v) is 2.51. The molecule has 0 radical (unpaired) electrons. The van der Waals surface area contributed by atoms with E-state index in [0.717, 1.165) is 5.69 Å². The third-order valence-electron chi connectivity index (χ3n) is 2.21. The van der Waals surface area contributed by atoms with Gasteiger partial charge in [-0.15, -0.1) is 0 Å². The average molecular weight is 238 g/mol. The van der Waals surface area contributed by atoms with Crippen molar-refractivity contribution in [3.63, 3.8) is 0 Å². The van der Waals surface area contributed by atoms with Crippen LogP contribution in [0.5, 0.6) is 0 Å². The van der Waals surface area contributed by atoms with Gasteiger partial charge in [0.1, 0.15) is 0 Å². The molecule has 0 spiro atoms. The molecular weight excluding hydrogens is 230 g/mol. The number of hydrogen-bond donors (Lipinski definition) is 0. The fraction of sp³-hybridized carbons (Fsp3) is 0.100. The van der Waals surface area contributed by atoms with Crippen LogP contribution in [0.15, 0.2) is 30.5 Å². The van der Waals surface area contributed by atoms with Crippen molar-refractivity contribution in [2.75, 3.05) is 0 Å². The lowest BCUT2D eigenvalue weighted by Gasteiger charge is -2.06. The first-order valence-corrected chi connectivity index (χ1v) is 4.93. The molecule has 0 bridgehead atoms. The summed E-state index contributed by atoms with van der Waals surface area (Å²) in [6.07, 6.45) is 1.57. The summed E-state index contributed by atoms with van der Waals surface area (Å²) >= 11 is 5.97.